The summed E-state index contributed by atoms with van der Waals surface area (Å²) >= 11 is 0. The summed E-state index contributed by atoms with van der Waals surface area (Å²) in [6, 6.07) is 2.11. The third-order valence-corrected chi connectivity index (χ3v) is 3.76. The first-order valence-corrected chi connectivity index (χ1v) is 10.6. The van der Waals surface area contributed by atoms with E-state index in [1.807, 2.05) is 60.6 Å². The highest BCUT2D eigenvalue weighted by Gasteiger charge is 2.22. The zero-order valence-corrected chi connectivity index (χ0v) is 21.1. The van der Waals surface area contributed by atoms with Crippen LogP contribution < -0.4 is 10.6 Å². The first-order chi connectivity index (χ1) is 15.0. The second kappa shape index (κ2) is 17.3. The van der Waals surface area contributed by atoms with Gasteiger partial charge in [-0.05, 0) is 46.8 Å². The molecule has 0 aliphatic carbocycles. The average molecular weight is 442 g/mol. The normalized spacial score (nSPS) is 12.8. The monoisotopic (exact) mass is 441 g/mol. The Morgan fingerprint density at radius 3 is 2.12 bits per heavy atom. The van der Waals surface area contributed by atoms with Crippen LogP contribution in [0.2, 0.25) is 0 Å². The zero-order valence-electron chi connectivity index (χ0n) is 21.1. The molecule has 1 rings (SSSR count). The second-order valence-corrected chi connectivity index (χ2v) is 7.20. The molecule has 0 fully saturated rings. The first kappa shape index (κ1) is 30.8. The minimum Gasteiger partial charge on any atom is -0.375 e. The second-order valence-electron chi connectivity index (χ2n) is 7.20. The third kappa shape index (κ3) is 13.8. The molecular formula is C25H39N5O2. The number of nitriles is 1. The van der Waals surface area contributed by atoms with Crippen LogP contribution in [-0.4, -0.2) is 36.6 Å². The standard InChI is InChI=1S/C13H20N4O2.C10H13N.C2H6/c1-9(2)5-7-11(14-3)15-13(19)10-6-8-12(18)17(4)16-10;1-8(2)5-6-10(7-11)9(3)4;1-2/h5,7,14H,6,8H2,1-4H3,(H,15,19);5-6H,1H2,2-4H3;1-2H3/b11-7+;6-5-;. The Balaban J connectivity index is 0. The molecule has 0 saturated heterocycles. The van der Waals surface area contributed by atoms with E-state index in [0.717, 1.165) is 16.7 Å². The Bertz CT molecular complexity index is 844. The van der Waals surface area contributed by atoms with Crippen LogP contribution in [0.25, 0.3) is 0 Å². The molecule has 176 valence electrons. The number of nitrogens with one attached hydrogen (secondary N) is 2. The quantitative estimate of drug-likeness (QED) is 0.459. The molecule has 32 heavy (non-hydrogen) atoms. The number of amides is 2. The van der Waals surface area contributed by atoms with Gasteiger partial charge in [-0.2, -0.15) is 10.4 Å². The Kier molecular flexibility index (Phi) is 16.6. The molecule has 0 saturated carbocycles. The van der Waals surface area contributed by atoms with Crippen molar-refractivity contribution in [2.24, 2.45) is 5.10 Å². The van der Waals surface area contributed by atoms with Gasteiger partial charge in [0.2, 0.25) is 5.91 Å². The van der Waals surface area contributed by atoms with Crippen LogP contribution in [0.4, 0.5) is 0 Å². The summed E-state index contributed by atoms with van der Waals surface area (Å²) in [6.45, 7) is 17.4. The van der Waals surface area contributed by atoms with Gasteiger partial charge < -0.3 is 10.6 Å². The number of carbonyl (C=O) groups excluding carboxylic acids is 2. The minimum atomic E-state index is -0.290. The van der Waals surface area contributed by atoms with Crippen molar-refractivity contribution >= 4 is 17.5 Å². The van der Waals surface area contributed by atoms with Crippen molar-refractivity contribution in [1.82, 2.24) is 15.6 Å². The van der Waals surface area contributed by atoms with Gasteiger partial charge in [0.1, 0.15) is 11.5 Å². The van der Waals surface area contributed by atoms with Gasteiger partial charge in [0, 0.05) is 26.9 Å². The molecule has 0 spiro atoms. The predicted molar refractivity (Wildman–Crippen MR) is 133 cm³/mol. The number of hydrogen-bond donors (Lipinski definition) is 2. The lowest BCUT2D eigenvalue weighted by Gasteiger charge is -2.19. The Morgan fingerprint density at radius 1 is 1.12 bits per heavy atom. The lowest BCUT2D eigenvalue weighted by molar-refractivity contribution is -0.130. The average Bonchev–Trinajstić information content (AvgIpc) is 2.74. The SMILES string of the molecule is C=C(C)/C=C\C(C#N)=C(C)C.CC.CN/C(=C\C=C(C)C)NC(=O)C1=NN(C)C(=O)CC1. The maximum absolute atomic E-state index is 12.0. The number of allylic oxidation sites excluding steroid dienone is 8. The van der Waals surface area contributed by atoms with Gasteiger partial charge in [0.25, 0.3) is 5.91 Å². The molecule has 2 N–H and O–H groups in total. The molecule has 2 amide bonds. The van der Waals surface area contributed by atoms with Crippen molar-refractivity contribution in [3.05, 3.63) is 59.0 Å². The zero-order chi connectivity index (χ0) is 25.3. The summed E-state index contributed by atoms with van der Waals surface area (Å²) in [5.41, 5.74) is 4.19. The van der Waals surface area contributed by atoms with Crippen molar-refractivity contribution < 1.29 is 9.59 Å². The van der Waals surface area contributed by atoms with Crippen molar-refractivity contribution in [2.75, 3.05) is 14.1 Å². The molecular weight excluding hydrogens is 402 g/mol. The van der Waals surface area contributed by atoms with E-state index in [2.05, 4.69) is 28.4 Å². The highest BCUT2D eigenvalue weighted by molar-refractivity contribution is 6.39. The van der Waals surface area contributed by atoms with Crippen LogP contribution in [-0.2, 0) is 9.59 Å². The van der Waals surface area contributed by atoms with Gasteiger partial charge in [-0.25, -0.2) is 5.01 Å². The Hall–Kier alpha value is -3.40. The summed E-state index contributed by atoms with van der Waals surface area (Å²) in [7, 11) is 3.27. The first-order valence-electron chi connectivity index (χ1n) is 10.6. The highest BCUT2D eigenvalue weighted by Crippen LogP contribution is 2.07. The van der Waals surface area contributed by atoms with E-state index in [1.165, 1.54) is 5.01 Å². The van der Waals surface area contributed by atoms with Crippen molar-refractivity contribution in [3.63, 3.8) is 0 Å². The highest BCUT2D eigenvalue weighted by atomic mass is 16.2. The Morgan fingerprint density at radius 2 is 1.72 bits per heavy atom. The van der Waals surface area contributed by atoms with Gasteiger partial charge in [-0.1, -0.05) is 49.3 Å². The van der Waals surface area contributed by atoms with E-state index >= 15 is 0 Å². The maximum atomic E-state index is 12.0. The van der Waals surface area contributed by atoms with Crippen molar-refractivity contribution in [1.29, 1.82) is 5.26 Å². The molecule has 7 heteroatoms. The number of hydrazone groups is 1. The molecule has 0 aromatic carbocycles. The molecule has 0 bridgehead atoms. The van der Waals surface area contributed by atoms with E-state index in [9.17, 15) is 9.59 Å². The molecule has 1 aliphatic heterocycles. The van der Waals surface area contributed by atoms with Crippen molar-refractivity contribution in [3.8, 4) is 6.07 Å². The van der Waals surface area contributed by atoms with Gasteiger partial charge >= 0.3 is 0 Å². The van der Waals surface area contributed by atoms with E-state index in [-0.39, 0.29) is 11.8 Å². The minimum absolute atomic E-state index is 0.0783. The smallest absolute Gasteiger partial charge is 0.272 e. The van der Waals surface area contributed by atoms with Crippen LogP contribution in [0.5, 0.6) is 0 Å². The van der Waals surface area contributed by atoms with Crippen LogP contribution in [0.15, 0.2) is 64.1 Å². The van der Waals surface area contributed by atoms with Crippen LogP contribution >= 0.6 is 0 Å². The number of rotatable bonds is 6. The van der Waals surface area contributed by atoms with E-state index in [4.69, 9.17) is 5.26 Å². The molecule has 1 heterocycles. The molecule has 0 unspecified atom stereocenters. The fourth-order valence-corrected chi connectivity index (χ4v) is 2.01. The van der Waals surface area contributed by atoms with Crippen LogP contribution in [0.1, 0.15) is 61.3 Å². The molecule has 0 aromatic rings. The summed E-state index contributed by atoms with van der Waals surface area (Å²) in [5.74, 6) is 0.223. The van der Waals surface area contributed by atoms with Crippen molar-refractivity contribution in [2.45, 2.75) is 61.3 Å². The molecule has 0 atom stereocenters. The fraction of sp³-hybridized carbons (Fsp3) is 0.440. The number of carbonyl (C=O) groups is 2. The van der Waals surface area contributed by atoms with E-state index < -0.39 is 0 Å². The molecule has 1 aliphatic rings. The fourth-order valence-electron chi connectivity index (χ4n) is 2.01. The number of nitrogens with zero attached hydrogens (tertiary/aromatic N) is 3. The largest absolute Gasteiger partial charge is 0.375 e. The summed E-state index contributed by atoms with van der Waals surface area (Å²) in [6.07, 6.45) is 7.99. The predicted octanol–water partition coefficient (Wildman–Crippen LogP) is 4.74. The molecule has 0 radical (unpaired) electrons. The Labute approximate surface area is 193 Å². The van der Waals surface area contributed by atoms with Gasteiger partial charge in [-0.3, -0.25) is 9.59 Å². The van der Waals surface area contributed by atoms with Gasteiger partial charge in [0.05, 0.1) is 11.6 Å². The molecule has 0 aromatic heterocycles. The third-order valence-electron chi connectivity index (χ3n) is 3.76. The molecule has 7 nitrogen and oxygen atoms in total. The van der Waals surface area contributed by atoms with Crippen LogP contribution in [0, 0.1) is 11.3 Å². The lowest BCUT2D eigenvalue weighted by Crippen LogP contribution is -2.39. The topological polar surface area (TPSA) is 97.6 Å². The lowest BCUT2D eigenvalue weighted by atomic mass is 10.1. The van der Waals surface area contributed by atoms with Gasteiger partial charge in [-0.15, -0.1) is 0 Å². The summed E-state index contributed by atoms with van der Waals surface area (Å²) < 4.78 is 0. The van der Waals surface area contributed by atoms with E-state index in [1.54, 1.807) is 26.2 Å². The van der Waals surface area contributed by atoms with Gasteiger partial charge in [0.15, 0.2) is 0 Å². The summed E-state index contributed by atoms with van der Waals surface area (Å²) in [5, 5.41) is 19.4. The maximum Gasteiger partial charge on any atom is 0.272 e. The van der Waals surface area contributed by atoms with Crippen LogP contribution in [0.3, 0.4) is 0 Å². The number of hydrogen-bond acceptors (Lipinski definition) is 5. The summed E-state index contributed by atoms with van der Waals surface area (Å²) in [4.78, 5) is 23.3. The van der Waals surface area contributed by atoms with E-state index in [0.29, 0.717) is 29.9 Å².